The third kappa shape index (κ3) is 5.39. The summed E-state index contributed by atoms with van der Waals surface area (Å²) in [6, 6.07) is 5.05. The lowest BCUT2D eigenvalue weighted by atomic mass is 9.88. The molecule has 1 saturated heterocycles. The number of carbonyl (C=O) groups is 1. The van der Waals surface area contributed by atoms with Gasteiger partial charge in [-0.2, -0.15) is 0 Å². The maximum absolute atomic E-state index is 14.5. The summed E-state index contributed by atoms with van der Waals surface area (Å²) in [5, 5.41) is 9.98. The average molecular weight is 589 g/mol. The highest BCUT2D eigenvalue weighted by Crippen LogP contribution is 2.34. The molecule has 0 saturated carbocycles. The number of rotatable bonds is 8. The molecular weight excluding hydrogens is 555 g/mol. The molecule has 0 bridgehead atoms. The summed E-state index contributed by atoms with van der Waals surface area (Å²) in [6.07, 6.45) is 18.5. The van der Waals surface area contributed by atoms with Crippen molar-refractivity contribution in [1.82, 2.24) is 19.4 Å². The molecule has 1 N–H and O–H groups in total. The molecular formula is C33H34ClFN4O3. The van der Waals surface area contributed by atoms with E-state index in [0.717, 1.165) is 49.8 Å². The molecule has 42 heavy (non-hydrogen) atoms. The van der Waals surface area contributed by atoms with E-state index in [1.54, 1.807) is 12.1 Å². The van der Waals surface area contributed by atoms with Gasteiger partial charge in [-0.05, 0) is 61.2 Å². The zero-order valence-electron chi connectivity index (χ0n) is 23.4. The molecule has 2 aromatic rings. The number of benzene rings is 1. The maximum Gasteiger partial charge on any atom is 0.331 e. The first-order chi connectivity index (χ1) is 20.4. The zero-order valence-corrected chi connectivity index (χ0v) is 24.1. The molecule has 1 aromatic carbocycles. The van der Waals surface area contributed by atoms with Gasteiger partial charge in [0, 0.05) is 48.3 Å². The first-order valence-corrected chi connectivity index (χ1v) is 15.1. The first-order valence-electron chi connectivity index (χ1n) is 14.7. The standard InChI is InChI=1S/C33H34ClFN4O3/c34-26-5-3-25(28(35)17-26)18-38-13-9-22-1-2-23(15-30(22)38)21-7-11-37(12-8-21)20-32-36-29-6-4-24(33(40)41)16-31(29)39(32)19-27-10-14-42-27/h1-3,5,7,9,13,15-17,22,27,30H,4,6,8,10-12,14,18-20H2,(H,40,41). The summed E-state index contributed by atoms with van der Waals surface area (Å²) >= 11 is 5.95. The van der Waals surface area contributed by atoms with Gasteiger partial charge in [-0.1, -0.05) is 48.0 Å². The van der Waals surface area contributed by atoms with Crippen LogP contribution in [-0.2, 0) is 35.6 Å². The molecule has 0 radical (unpaired) electrons. The van der Waals surface area contributed by atoms with Gasteiger partial charge in [0.15, 0.2) is 0 Å². The van der Waals surface area contributed by atoms with Crippen molar-refractivity contribution in [1.29, 1.82) is 0 Å². The van der Waals surface area contributed by atoms with Crippen LogP contribution in [0.3, 0.4) is 0 Å². The molecule has 218 valence electrons. The zero-order chi connectivity index (χ0) is 28.8. The minimum atomic E-state index is -0.852. The van der Waals surface area contributed by atoms with E-state index in [1.807, 2.05) is 6.08 Å². The van der Waals surface area contributed by atoms with Crippen molar-refractivity contribution in [2.75, 3.05) is 19.7 Å². The SMILES string of the molecule is O=C(O)C1=Cc2c(nc(CN3CC=C(C4=CC5C(C=C4)C=CN5Cc4ccc(Cl)cc4F)CC3)n2CC2CCO2)CC1. The highest BCUT2D eigenvalue weighted by Gasteiger charge is 2.31. The Kier molecular flexibility index (Phi) is 7.38. The van der Waals surface area contributed by atoms with Crippen molar-refractivity contribution >= 4 is 23.6 Å². The highest BCUT2D eigenvalue weighted by atomic mass is 35.5. The Morgan fingerprint density at radius 3 is 2.81 bits per heavy atom. The number of aliphatic carboxylic acids is 1. The summed E-state index contributed by atoms with van der Waals surface area (Å²) in [6.45, 7) is 4.43. The van der Waals surface area contributed by atoms with Crippen LogP contribution in [0.15, 0.2) is 71.5 Å². The van der Waals surface area contributed by atoms with E-state index < -0.39 is 5.97 Å². The number of allylic oxidation sites excluding steroid dienone is 2. The number of imidazole rings is 1. The number of halogens is 2. The van der Waals surface area contributed by atoms with Gasteiger partial charge in [0.2, 0.25) is 0 Å². The third-order valence-electron chi connectivity index (χ3n) is 9.08. The fourth-order valence-corrected chi connectivity index (χ4v) is 6.71. The number of aromatic nitrogens is 2. The van der Waals surface area contributed by atoms with Gasteiger partial charge in [-0.25, -0.2) is 14.2 Å². The fourth-order valence-electron chi connectivity index (χ4n) is 6.55. The average Bonchev–Trinajstić information content (AvgIpc) is 3.52. The van der Waals surface area contributed by atoms with E-state index in [4.69, 9.17) is 21.3 Å². The maximum atomic E-state index is 14.5. The predicted octanol–water partition coefficient (Wildman–Crippen LogP) is 5.52. The first kappa shape index (κ1) is 27.4. The fraction of sp³-hybridized carbons (Fsp3) is 0.394. The number of aryl methyl sites for hydroxylation is 1. The number of hydrogen-bond donors (Lipinski definition) is 1. The third-order valence-corrected chi connectivity index (χ3v) is 9.32. The topological polar surface area (TPSA) is 70.8 Å². The number of fused-ring (bicyclic) bond motifs is 2. The molecule has 3 atom stereocenters. The molecule has 5 aliphatic rings. The van der Waals surface area contributed by atoms with Crippen LogP contribution in [0.2, 0.25) is 5.02 Å². The Morgan fingerprint density at radius 1 is 1.19 bits per heavy atom. The predicted molar refractivity (Wildman–Crippen MR) is 159 cm³/mol. The number of nitrogens with zero attached hydrogens (tertiary/aromatic N) is 4. The van der Waals surface area contributed by atoms with E-state index in [1.165, 1.54) is 17.2 Å². The van der Waals surface area contributed by atoms with Gasteiger partial charge in [0.25, 0.3) is 0 Å². The lowest BCUT2D eigenvalue weighted by Crippen LogP contribution is -2.34. The molecule has 7 nitrogen and oxygen atoms in total. The molecule has 0 amide bonds. The van der Waals surface area contributed by atoms with Crippen LogP contribution in [0.1, 0.15) is 42.0 Å². The molecule has 3 aliphatic heterocycles. The normalized spacial score (nSPS) is 25.0. The molecule has 1 fully saturated rings. The van der Waals surface area contributed by atoms with Crippen molar-refractivity contribution in [2.24, 2.45) is 5.92 Å². The summed E-state index contributed by atoms with van der Waals surface area (Å²) in [4.78, 5) is 21.3. The number of carboxylic acid groups (broad SMARTS) is 1. The van der Waals surface area contributed by atoms with Crippen LogP contribution < -0.4 is 0 Å². The van der Waals surface area contributed by atoms with Gasteiger partial charge >= 0.3 is 5.97 Å². The van der Waals surface area contributed by atoms with E-state index >= 15 is 0 Å². The Morgan fingerprint density at radius 2 is 2.07 bits per heavy atom. The quantitative estimate of drug-likeness (QED) is 0.438. The van der Waals surface area contributed by atoms with Crippen molar-refractivity contribution in [2.45, 2.75) is 57.5 Å². The molecule has 7 rings (SSSR count). The molecule has 1 aromatic heterocycles. The van der Waals surface area contributed by atoms with Crippen molar-refractivity contribution in [3.05, 3.63) is 105 Å². The highest BCUT2D eigenvalue weighted by molar-refractivity contribution is 6.30. The van der Waals surface area contributed by atoms with Crippen LogP contribution in [0.25, 0.3) is 6.08 Å². The van der Waals surface area contributed by atoms with Crippen LogP contribution in [0.4, 0.5) is 4.39 Å². The van der Waals surface area contributed by atoms with E-state index in [2.05, 4.69) is 50.9 Å². The van der Waals surface area contributed by atoms with Gasteiger partial charge in [-0.3, -0.25) is 4.90 Å². The second-order valence-corrected chi connectivity index (χ2v) is 12.2. The van der Waals surface area contributed by atoms with Gasteiger partial charge < -0.3 is 19.3 Å². The summed E-state index contributed by atoms with van der Waals surface area (Å²) in [5.41, 5.74) is 5.58. The number of carboxylic acids is 1. The minimum absolute atomic E-state index is 0.160. The summed E-state index contributed by atoms with van der Waals surface area (Å²) in [5.74, 6) is 0.140. The van der Waals surface area contributed by atoms with Crippen LogP contribution in [0, 0.1) is 11.7 Å². The van der Waals surface area contributed by atoms with Crippen molar-refractivity contribution < 1.29 is 19.0 Å². The lowest BCUT2D eigenvalue weighted by Gasteiger charge is -2.32. The Hall–Kier alpha value is -3.46. The number of ether oxygens (including phenoxy) is 1. The van der Waals surface area contributed by atoms with Crippen molar-refractivity contribution in [3.63, 3.8) is 0 Å². The van der Waals surface area contributed by atoms with Crippen LogP contribution >= 0.6 is 11.6 Å². The van der Waals surface area contributed by atoms with Gasteiger partial charge in [-0.15, -0.1) is 0 Å². The Labute approximate surface area is 249 Å². The van der Waals surface area contributed by atoms with E-state index in [-0.39, 0.29) is 23.9 Å². The van der Waals surface area contributed by atoms with E-state index in [9.17, 15) is 14.3 Å². The molecule has 4 heterocycles. The van der Waals surface area contributed by atoms with Gasteiger partial charge in [0.05, 0.1) is 36.6 Å². The summed E-state index contributed by atoms with van der Waals surface area (Å²) < 4.78 is 22.4. The van der Waals surface area contributed by atoms with E-state index in [0.29, 0.717) is 48.6 Å². The molecule has 3 unspecified atom stereocenters. The smallest absolute Gasteiger partial charge is 0.331 e. The second-order valence-electron chi connectivity index (χ2n) is 11.7. The monoisotopic (exact) mass is 588 g/mol. The van der Waals surface area contributed by atoms with Crippen molar-refractivity contribution in [3.8, 4) is 0 Å². The molecule has 0 spiro atoms. The largest absolute Gasteiger partial charge is 0.478 e. The van der Waals surface area contributed by atoms with Crippen LogP contribution in [-0.4, -0.2) is 62.3 Å². The Bertz CT molecular complexity index is 1570. The second kappa shape index (κ2) is 11.3. The summed E-state index contributed by atoms with van der Waals surface area (Å²) in [7, 11) is 0. The Balaban J connectivity index is 1.05. The molecule has 9 heteroatoms. The minimum Gasteiger partial charge on any atom is -0.478 e. The number of hydrogen-bond acceptors (Lipinski definition) is 5. The lowest BCUT2D eigenvalue weighted by molar-refractivity contribution is -0.132. The van der Waals surface area contributed by atoms with Crippen LogP contribution in [0.5, 0.6) is 0 Å². The van der Waals surface area contributed by atoms with Gasteiger partial charge in [0.1, 0.15) is 11.6 Å². The molecule has 2 aliphatic carbocycles.